The van der Waals surface area contributed by atoms with Crippen molar-refractivity contribution < 1.29 is 19.1 Å². The lowest BCUT2D eigenvalue weighted by molar-refractivity contribution is -0.141. The third kappa shape index (κ3) is 6.20. The SMILES string of the molecule is COC(=O)CCc1ccc(N(c2ccc(C)cc2)c2ccc(CCC(=O)OC)cc2)cc1. The van der Waals surface area contributed by atoms with Gasteiger partial charge < -0.3 is 14.4 Å². The number of ether oxygens (including phenoxy) is 2. The van der Waals surface area contributed by atoms with E-state index in [1.165, 1.54) is 19.8 Å². The lowest BCUT2D eigenvalue weighted by Crippen LogP contribution is -2.10. The van der Waals surface area contributed by atoms with Gasteiger partial charge in [-0.3, -0.25) is 9.59 Å². The molecule has 0 amide bonds. The molecule has 3 rings (SSSR count). The minimum Gasteiger partial charge on any atom is -0.469 e. The molecule has 0 bridgehead atoms. The van der Waals surface area contributed by atoms with Crippen molar-refractivity contribution in [2.75, 3.05) is 19.1 Å². The molecule has 0 saturated carbocycles. The lowest BCUT2D eigenvalue weighted by atomic mass is 10.1. The molecule has 0 radical (unpaired) electrons. The number of methoxy groups -OCH3 is 2. The first kappa shape index (κ1) is 23.1. The molecule has 0 fully saturated rings. The smallest absolute Gasteiger partial charge is 0.305 e. The highest BCUT2D eigenvalue weighted by Gasteiger charge is 2.13. The van der Waals surface area contributed by atoms with Crippen molar-refractivity contribution in [3.8, 4) is 0 Å². The molecule has 0 spiro atoms. The first-order chi connectivity index (χ1) is 15.5. The normalized spacial score (nSPS) is 10.5. The largest absolute Gasteiger partial charge is 0.469 e. The van der Waals surface area contributed by atoms with Crippen LogP contribution in [0.1, 0.15) is 29.5 Å². The second-order valence-corrected chi connectivity index (χ2v) is 7.66. The van der Waals surface area contributed by atoms with Crippen LogP contribution >= 0.6 is 0 Å². The molecule has 0 aliphatic carbocycles. The van der Waals surface area contributed by atoms with Crippen molar-refractivity contribution >= 4 is 29.0 Å². The number of esters is 2. The molecule has 0 aliphatic heterocycles. The minimum atomic E-state index is -0.206. The Labute approximate surface area is 189 Å². The fourth-order valence-electron chi connectivity index (χ4n) is 3.46. The average Bonchev–Trinajstić information content (AvgIpc) is 2.83. The number of anilines is 3. The predicted octanol–water partition coefficient (Wildman–Crippen LogP) is 5.68. The first-order valence-corrected chi connectivity index (χ1v) is 10.7. The van der Waals surface area contributed by atoms with Crippen molar-refractivity contribution in [2.24, 2.45) is 0 Å². The van der Waals surface area contributed by atoms with Crippen LogP contribution in [0.15, 0.2) is 72.8 Å². The van der Waals surface area contributed by atoms with Crippen LogP contribution in [0.3, 0.4) is 0 Å². The van der Waals surface area contributed by atoms with E-state index in [2.05, 4.69) is 60.4 Å². The molecule has 0 N–H and O–H groups in total. The highest BCUT2D eigenvalue weighted by atomic mass is 16.5. The number of carbonyl (C=O) groups excluding carboxylic acids is 2. The molecule has 166 valence electrons. The van der Waals surface area contributed by atoms with E-state index >= 15 is 0 Å². The maximum atomic E-state index is 11.4. The molecule has 0 aromatic heterocycles. The molecular weight excluding hydrogens is 402 g/mol. The highest BCUT2D eigenvalue weighted by molar-refractivity contribution is 5.77. The number of benzene rings is 3. The number of hydrogen-bond acceptors (Lipinski definition) is 5. The van der Waals surface area contributed by atoms with Gasteiger partial charge in [-0.15, -0.1) is 0 Å². The number of hydrogen-bond donors (Lipinski definition) is 0. The Bertz CT molecular complexity index is 961. The van der Waals surface area contributed by atoms with Gasteiger partial charge in [0.1, 0.15) is 0 Å². The Kier molecular flexibility index (Phi) is 8.03. The van der Waals surface area contributed by atoms with Crippen LogP contribution in [-0.2, 0) is 31.9 Å². The summed E-state index contributed by atoms with van der Waals surface area (Å²) in [7, 11) is 2.82. The van der Waals surface area contributed by atoms with E-state index in [0.29, 0.717) is 25.7 Å². The van der Waals surface area contributed by atoms with Gasteiger partial charge in [-0.2, -0.15) is 0 Å². The van der Waals surface area contributed by atoms with Crippen molar-refractivity contribution in [3.63, 3.8) is 0 Å². The standard InChI is InChI=1S/C27H29NO4/c1-20-4-12-23(13-5-20)28(24-14-6-21(7-15-24)10-18-26(29)31-2)25-16-8-22(9-17-25)11-19-27(30)32-3/h4-9,12-17H,10-11,18-19H2,1-3H3. The van der Waals surface area contributed by atoms with Gasteiger partial charge in [-0.05, 0) is 67.3 Å². The van der Waals surface area contributed by atoms with E-state index in [4.69, 9.17) is 9.47 Å². The minimum absolute atomic E-state index is 0.206. The highest BCUT2D eigenvalue weighted by Crippen LogP contribution is 2.35. The summed E-state index contributed by atoms with van der Waals surface area (Å²) in [5.74, 6) is -0.412. The average molecular weight is 432 g/mol. The van der Waals surface area contributed by atoms with Gasteiger partial charge >= 0.3 is 11.9 Å². The molecule has 5 heteroatoms. The Morgan fingerprint density at radius 3 is 1.31 bits per heavy atom. The van der Waals surface area contributed by atoms with Gasteiger partial charge in [-0.1, -0.05) is 42.0 Å². The molecule has 0 heterocycles. The van der Waals surface area contributed by atoms with Gasteiger partial charge in [0, 0.05) is 29.9 Å². The van der Waals surface area contributed by atoms with Gasteiger partial charge in [0.05, 0.1) is 14.2 Å². The van der Waals surface area contributed by atoms with E-state index in [1.807, 2.05) is 24.3 Å². The van der Waals surface area contributed by atoms with Crippen molar-refractivity contribution in [1.29, 1.82) is 0 Å². The second-order valence-electron chi connectivity index (χ2n) is 7.66. The summed E-state index contributed by atoms with van der Waals surface area (Å²) in [6.07, 6.45) is 2.02. The predicted molar refractivity (Wildman–Crippen MR) is 127 cm³/mol. The van der Waals surface area contributed by atoms with Crippen molar-refractivity contribution in [2.45, 2.75) is 32.6 Å². The monoisotopic (exact) mass is 431 g/mol. The van der Waals surface area contributed by atoms with Crippen molar-refractivity contribution in [1.82, 2.24) is 0 Å². The summed E-state index contributed by atoms with van der Waals surface area (Å²) in [6.45, 7) is 2.07. The van der Waals surface area contributed by atoms with E-state index in [-0.39, 0.29) is 11.9 Å². The molecule has 3 aromatic carbocycles. The lowest BCUT2D eigenvalue weighted by Gasteiger charge is -2.26. The maximum absolute atomic E-state index is 11.4. The number of carbonyl (C=O) groups is 2. The summed E-state index contributed by atoms with van der Waals surface area (Å²) in [5, 5.41) is 0. The van der Waals surface area contributed by atoms with Crippen LogP contribution in [0.5, 0.6) is 0 Å². The third-order valence-electron chi connectivity index (χ3n) is 5.37. The molecule has 0 unspecified atom stereocenters. The van der Waals surface area contributed by atoms with Gasteiger partial charge in [0.2, 0.25) is 0 Å². The van der Waals surface area contributed by atoms with Crippen LogP contribution in [0.2, 0.25) is 0 Å². The topological polar surface area (TPSA) is 55.8 Å². The third-order valence-corrected chi connectivity index (χ3v) is 5.37. The van der Waals surface area contributed by atoms with Gasteiger partial charge in [0.25, 0.3) is 0 Å². The van der Waals surface area contributed by atoms with E-state index < -0.39 is 0 Å². The Morgan fingerprint density at radius 2 is 0.969 bits per heavy atom. The number of nitrogens with zero attached hydrogens (tertiary/aromatic N) is 1. The quantitative estimate of drug-likeness (QED) is 0.408. The fourth-order valence-corrected chi connectivity index (χ4v) is 3.46. The summed E-state index contributed by atoms with van der Waals surface area (Å²) in [5.41, 5.74) is 6.48. The number of aryl methyl sites for hydroxylation is 3. The molecule has 3 aromatic rings. The van der Waals surface area contributed by atoms with Gasteiger partial charge in [0.15, 0.2) is 0 Å². The first-order valence-electron chi connectivity index (χ1n) is 10.7. The Hall–Kier alpha value is -3.60. The second kappa shape index (κ2) is 11.1. The zero-order chi connectivity index (χ0) is 22.9. The van der Waals surface area contributed by atoms with Crippen LogP contribution < -0.4 is 4.90 Å². The van der Waals surface area contributed by atoms with Crippen LogP contribution in [0.25, 0.3) is 0 Å². The molecule has 0 saturated heterocycles. The summed E-state index contributed by atoms with van der Waals surface area (Å²) >= 11 is 0. The zero-order valence-corrected chi connectivity index (χ0v) is 18.8. The zero-order valence-electron chi connectivity index (χ0n) is 18.8. The van der Waals surface area contributed by atoms with E-state index in [1.54, 1.807) is 0 Å². The Balaban J connectivity index is 1.85. The van der Waals surface area contributed by atoms with Gasteiger partial charge in [-0.25, -0.2) is 0 Å². The molecule has 5 nitrogen and oxygen atoms in total. The molecule has 32 heavy (non-hydrogen) atoms. The van der Waals surface area contributed by atoms with E-state index in [9.17, 15) is 9.59 Å². The summed E-state index contributed by atoms with van der Waals surface area (Å²) < 4.78 is 9.47. The fraction of sp³-hybridized carbons (Fsp3) is 0.259. The molecular formula is C27H29NO4. The van der Waals surface area contributed by atoms with E-state index in [0.717, 1.165) is 28.2 Å². The summed E-state index contributed by atoms with van der Waals surface area (Å²) in [6, 6.07) is 24.8. The van der Waals surface area contributed by atoms with Crippen LogP contribution in [-0.4, -0.2) is 26.2 Å². The van der Waals surface area contributed by atoms with Crippen LogP contribution in [0, 0.1) is 6.92 Å². The van der Waals surface area contributed by atoms with Crippen molar-refractivity contribution in [3.05, 3.63) is 89.5 Å². The number of rotatable bonds is 9. The molecule has 0 aliphatic rings. The Morgan fingerprint density at radius 1 is 0.625 bits per heavy atom. The molecule has 0 atom stereocenters. The maximum Gasteiger partial charge on any atom is 0.305 e. The summed E-state index contributed by atoms with van der Waals surface area (Å²) in [4.78, 5) is 25.0. The van der Waals surface area contributed by atoms with Crippen LogP contribution in [0.4, 0.5) is 17.1 Å².